The maximum absolute atomic E-state index is 4.14. The van der Waals surface area contributed by atoms with Crippen molar-refractivity contribution < 1.29 is 0 Å². The van der Waals surface area contributed by atoms with Gasteiger partial charge in [-0.25, -0.2) is 0 Å². The van der Waals surface area contributed by atoms with E-state index < -0.39 is 0 Å². The molecule has 0 aromatic carbocycles. The standard InChI is InChI=1S/C14H23N3/c1-17(12-13-5-4-8-15-11-13)10-3-2-9-16-14-6-7-14/h4-5,8,11,14,16H,2-3,6-7,9-10,12H2,1H3. The second kappa shape index (κ2) is 6.72. The fourth-order valence-corrected chi connectivity index (χ4v) is 1.98. The Hall–Kier alpha value is -0.930. The van der Waals surface area contributed by atoms with Gasteiger partial charge in [0.1, 0.15) is 0 Å². The fourth-order valence-electron chi connectivity index (χ4n) is 1.98. The highest BCUT2D eigenvalue weighted by Gasteiger charge is 2.19. The van der Waals surface area contributed by atoms with Gasteiger partial charge in [0.05, 0.1) is 0 Å². The molecule has 1 aromatic heterocycles. The third-order valence-corrected chi connectivity index (χ3v) is 3.15. The lowest BCUT2D eigenvalue weighted by Crippen LogP contribution is -2.22. The molecule has 1 saturated carbocycles. The number of hydrogen-bond acceptors (Lipinski definition) is 3. The van der Waals surface area contributed by atoms with E-state index in [9.17, 15) is 0 Å². The Labute approximate surface area is 104 Å². The summed E-state index contributed by atoms with van der Waals surface area (Å²) in [5.74, 6) is 0. The predicted octanol–water partition coefficient (Wildman–Crippen LogP) is 2.05. The topological polar surface area (TPSA) is 28.2 Å². The molecule has 1 aliphatic carbocycles. The Kier molecular flexibility index (Phi) is 4.95. The first-order valence-corrected chi connectivity index (χ1v) is 6.65. The van der Waals surface area contributed by atoms with Crippen LogP contribution in [0.25, 0.3) is 0 Å². The van der Waals surface area contributed by atoms with Gasteiger partial charge in [-0.05, 0) is 57.5 Å². The van der Waals surface area contributed by atoms with Crippen LogP contribution >= 0.6 is 0 Å². The average Bonchev–Trinajstić information content (AvgIpc) is 3.14. The van der Waals surface area contributed by atoms with E-state index in [1.807, 2.05) is 18.5 Å². The summed E-state index contributed by atoms with van der Waals surface area (Å²) in [6.45, 7) is 3.36. The minimum Gasteiger partial charge on any atom is -0.314 e. The van der Waals surface area contributed by atoms with Crippen LogP contribution in [0.5, 0.6) is 0 Å². The van der Waals surface area contributed by atoms with Gasteiger partial charge >= 0.3 is 0 Å². The van der Waals surface area contributed by atoms with E-state index in [2.05, 4.69) is 28.3 Å². The Morgan fingerprint density at radius 3 is 3.00 bits per heavy atom. The smallest absolute Gasteiger partial charge is 0.0312 e. The molecule has 17 heavy (non-hydrogen) atoms. The lowest BCUT2D eigenvalue weighted by molar-refractivity contribution is 0.317. The summed E-state index contributed by atoms with van der Waals surface area (Å²) in [7, 11) is 2.18. The van der Waals surface area contributed by atoms with Crippen LogP contribution < -0.4 is 5.32 Å². The highest BCUT2D eigenvalue weighted by atomic mass is 15.1. The molecule has 0 amide bonds. The molecule has 1 fully saturated rings. The summed E-state index contributed by atoms with van der Waals surface area (Å²) < 4.78 is 0. The number of rotatable bonds is 8. The Balaban J connectivity index is 1.52. The van der Waals surface area contributed by atoms with Crippen LogP contribution in [0.3, 0.4) is 0 Å². The largest absolute Gasteiger partial charge is 0.314 e. The second-order valence-corrected chi connectivity index (χ2v) is 5.03. The molecule has 0 bridgehead atoms. The van der Waals surface area contributed by atoms with E-state index in [0.717, 1.165) is 12.6 Å². The van der Waals surface area contributed by atoms with Crippen molar-refractivity contribution in [3.63, 3.8) is 0 Å². The van der Waals surface area contributed by atoms with Gasteiger partial charge in [0.2, 0.25) is 0 Å². The monoisotopic (exact) mass is 233 g/mol. The van der Waals surface area contributed by atoms with Crippen molar-refractivity contribution in [2.75, 3.05) is 20.1 Å². The van der Waals surface area contributed by atoms with Gasteiger partial charge in [-0.3, -0.25) is 4.98 Å². The Bertz CT molecular complexity index is 309. The zero-order valence-electron chi connectivity index (χ0n) is 10.7. The number of unbranched alkanes of at least 4 members (excludes halogenated alkanes) is 1. The lowest BCUT2D eigenvalue weighted by Gasteiger charge is -2.16. The molecular formula is C14H23N3. The van der Waals surface area contributed by atoms with Gasteiger partial charge in [-0.15, -0.1) is 0 Å². The van der Waals surface area contributed by atoms with Crippen molar-refractivity contribution >= 4 is 0 Å². The maximum atomic E-state index is 4.14. The maximum Gasteiger partial charge on any atom is 0.0312 e. The summed E-state index contributed by atoms with van der Waals surface area (Å²) in [5, 5.41) is 3.55. The third-order valence-electron chi connectivity index (χ3n) is 3.15. The highest BCUT2D eigenvalue weighted by Crippen LogP contribution is 2.18. The van der Waals surface area contributed by atoms with Crippen molar-refractivity contribution in [1.82, 2.24) is 15.2 Å². The van der Waals surface area contributed by atoms with E-state index in [1.165, 1.54) is 44.3 Å². The van der Waals surface area contributed by atoms with Crippen molar-refractivity contribution in [2.24, 2.45) is 0 Å². The number of nitrogens with one attached hydrogen (secondary N) is 1. The molecule has 0 atom stereocenters. The first kappa shape index (κ1) is 12.5. The van der Waals surface area contributed by atoms with Crippen LogP contribution in [0, 0.1) is 0 Å². The summed E-state index contributed by atoms with van der Waals surface area (Å²) in [6, 6.07) is 4.99. The molecule has 0 saturated heterocycles. The molecule has 0 spiro atoms. The summed E-state index contributed by atoms with van der Waals surface area (Å²) in [4.78, 5) is 6.51. The second-order valence-electron chi connectivity index (χ2n) is 5.03. The highest BCUT2D eigenvalue weighted by molar-refractivity contribution is 5.07. The molecule has 3 nitrogen and oxygen atoms in total. The van der Waals surface area contributed by atoms with Gasteiger partial charge in [0.15, 0.2) is 0 Å². The molecule has 94 valence electrons. The molecule has 0 unspecified atom stereocenters. The van der Waals surface area contributed by atoms with E-state index in [1.54, 1.807) is 0 Å². The van der Waals surface area contributed by atoms with Crippen LogP contribution in [0.15, 0.2) is 24.5 Å². The molecule has 1 N–H and O–H groups in total. The number of hydrogen-bond donors (Lipinski definition) is 1. The van der Waals surface area contributed by atoms with E-state index in [0.29, 0.717) is 0 Å². The molecule has 0 aliphatic heterocycles. The average molecular weight is 233 g/mol. The van der Waals surface area contributed by atoms with Crippen LogP contribution in [0.1, 0.15) is 31.2 Å². The number of nitrogens with zero attached hydrogens (tertiary/aromatic N) is 2. The van der Waals surface area contributed by atoms with Crippen molar-refractivity contribution in [2.45, 2.75) is 38.3 Å². The first-order valence-electron chi connectivity index (χ1n) is 6.65. The summed E-state index contributed by atoms with van der Waals surface area (Å²) in [5.41, 5.74) is 1.30. The van der Waals surface area contributed by atoms with Gasteiger partial charge < -0.3 is 10.2 Å². The molecule has 2 rings (SSSR count). The molecule has 0 radical (unpaired) electrons. The van der Waals surface area contributed by atoms with Crippen LogP contribution in [-0.4, -0.2) is 36.1 Å². The van der Waals surface area contributed by atoms with Crippen LogP contribution in [0.2, 0.25) is 0 Å². The Morgan fingerprint density at radius 1 is 1.41 bits per heavy atom. The van der Waals surface area contributed by atoms with Gasteiger partial charge in [-0.2, -0.15) is 0 Å². The van der Waals surface area contributed by atoms with Crippen molar-refractivity contribution in [1.29, 1.82) is 0 Å². The fraction of sp³-hybridized carbons (Fsp3) is 0.643. The molecular weight excluding hydrogens is 210 g/mol. The summed E-state index contributed by atoms with van der Waals surface area (Å²) >= 11 is 0. The molecule has 3 heteroatoms. The van der Waals surface area contributed by atoms with Gasteiger partial charge in [-0.1, -0.05) is 6.07 Å². The SMILES string of the molecule is CN(CCCCNC1CC1)Cc1cccnc1. The zero-order valence-corrected chi connectivity index (χ0v) is 10.7. The van der Waals surface area contributed by atoms with Crippen molar-refractivity contribution in [3.05, 3.63) is 30.1 Å². The van der Waals surface area contributed by atoms with Crippen LogP contribution in [-0.2, 0) is 6.54 Å². The van der Waals surface area contributed by atoms with Crippen molar-refractivity contribution in [3.8, 4) is 0 Å². The van der Waals surface area contributed by atoms with Crippen LogP contribution in [0.4, 0.5) is 0 Å². The van der Waals surface area contributed by atoms with E-state index >= 15 is 0 Å². The number of aromatic nitrogens is 1. The quantitative estimate of drug-likeness (QED) is 0.697. The van der Waals surface area contributed by atoms with E-state index in [4.69, 9.17) is 0 Å². The molecule has 1 aliphatic rings. The summed E-state index contributed by atoms with van der Waals surface area (Å²) in [6.07, 6.45) is 9.12. The predicted molar refractivity (Wildman–Crippen MR) is 70.8 cm³/mol. The number of pyridine rings is 1. The van der Waals surface area contributed by atoms with Gasteiger partial charge in [0, 0.05) is 25.0 Å². The van der Waals surface area contributed by atoms with Gasteiger partial charge in [0.25, 0.3) is 0 Å². The normalized spacial score (nSPS) is 15.4. The molecule has 1 heterocycles. The first-order chi connectivity index (χ1) is 8.34. The minimum absolute atomic E-state index is 0.850. The third kappa shape index (κ3) is 5.29. The Morgan fingerprint density at radius 2 is 2.29 bits per heavy atom. The molecule has 1 aromatic rings. The lowest BCUT2D eigenvalue weighted by atomic mass is 10.2. The minimum atomic E-state index is 0.850. The van der Waals surface area contributed by atoms with E-state index in [-0.39, 0.29) is 0 Å². The zero-order chi connectivity index (χ0) is 11.9.